The van der Waals surface area contributed by atoms with Crippen LogP contribution in [0.4, 0.5) is 5.69 Å². The molecule has 0 saturated heterocycles. The molecule has 92 valence electrons. The topological polar surface area (TPSA) is 78.3 Å². The second-order valence-electron chi connectivity index (χ2n) is 4.58. The van der Waals surface area contributed by atoms with Crippen molar-refractivity contribution >= 4 is 11.6 Å². The second kappa shape index (κ2) is 5.08. The Labute approximate surface area is 101 Å². The van der Waals surface area contributed by atoms with Gasteiger partial charge in [0.25, 0.3) is 0 Å². The smallest absolute Gasteiger partial charge is 0.248 e. The van der Waals surface area contributed by atoms with Crippen LogP contribution in [0, 0.1) is 5.92 Å². The van der Waals surface area contributed by atoms with Crippen LogP contribution >= 0.6 is 0 Å². The van der Waals surface area contributed by atoms with Crippen molar-refractivity contribution in [3.63, 3.8) is 0 Å². The Morgan fingerprint density at radius 2 is 2.06 bits per heavy atom. The summed E-state index contributed by atoms with van der Waals surface area (Å²) in [4.78, 5) is 11.0. The maximum Gasteiger partial charge on any atom is 0.248 e. The van der Waals surface area contributed by atoms with Gasteiger partial charge in [-0.2, -0.15) is 0 Å². The number of carbonyl (C=O) groups is 1. The summed E-state index contributed by atoms with van der Waals surface area (Å²) in [6, 6.07) is 4.92. The summed E-state index contributed by atoms with van der Waals surface area (Å²) in [5, 5.41) is 0. The fourth-order valence-electron chi connectivity index (χ4n) is 2.22. The molecule has 0 bridgehead atoms. The Bertz CT molecular complexity index is 412. The molecule has 0 atom stereocenters. The molecule has 1 aromatic carbocycles. The number of nitrogens with two attached hydrogens (primary N) is 2. The van der Waals surface area contributed by atoms with E-state index in [1.54, 1.807) is 18.2 Å². The Hall–Kier alpha value is -1.71. The van der Waals surface area contributed by atoms with Gasteiger partial charge in [0.05, 0.1) is 12.3 Å². The van der Waals surface area contributed by atoms with E-state index in [9.17, 15) is 4.79 Å². The minimum atomic E-state index is -0.473. The number of rotatable bonds is 4. The first-order valence-corrected chi connectivity index (χ1v) is 5.99. The van der Waals surface area contributed by atoms with Gasteiger partial charge in [0, 0.05) is 5.56 Å². The average Bonchev–Trinajstić information content (AvgIpc) is 2.80. The standard InChI is InChI=1S/C13H18N2O2/c14-11-7-10(13(15)16)5-6-12(11)17-8-9-3-1-2-4-9/h5-7,9H,1-4,8,14H2,(H2,15,16). The zero-order valence-corrected chi connectivity index (χ0v) is 9.82. The first-order valence-electron chi connectivity index (χ1n) is 5.99. The van der Waals surface area contributed by atoms with Crippen LogP contribution in [0.1, 0.15) is 36.0 Å². The molecule has 0 radical (unpaired) electrons. The Balaban J connectivity index is 1.98. The maximum absolute atomic E-state index is 11.0. The number of primary amides is 1. The van der Waals surface area contributed by atoms with Gasteiger partial charge in [0.1, 0.15) is 5.75 Å². The highest BCUT2D eigenvalue weighted by Crippen LogP contribution is 2.28. The van der Waals surface area contributed by atoms with Crippen LogP contribution in [0.25, 0.3) is 0 Å². The molecule has 1 aliphatic carbocycles. The molecule has 17 heavy (non-hydrogen) atoms. The van der Waals surface area contributed by atoms with Crippen molar-refractivity contribution < 1.29 is 9.53 Å². The number of ether oxygens (including phenoxy) is 1. The van der Waals surface area contributed by atoms with Gasteiger partial charge in [-0.25, -0.2) is 0 Å². The number of hydrogen-bond acceptors (Lipinski definition) is 3. The van der Waals surface area contributed by atoms with Crippen molar-refractivity contribution in [1.29, 1.82) is 0 Å². The molecule has 0 aromatic heterocycles. The number of benzene rings is 1. The lowest BCUT2D eigenvalue weighted by Crippen LogP contribution is -2.12. The van der Waals surface area contributed by atoms with Crippen molar-refractivity contribution in [3.8, 4) is 5.75 Å². The number of nitrogen functional groups attached to an aromatic ring is 1. The summed E-state index contributed by atoms with van der Waals surface area (Å²) in [6.45, 7) is 0.708. The minimum absolute atomic E-state index is 0.413. The van der Waals surface area contributed by atoms with Gasteiger partial charge in [0.15, 0.2) is 0 Å². The average molecular weight is 234 g/mol. The van der Waals surface area contributed by atoms with E-state index in [2.05, 4.69) is 0 Å². The summed E-state index contributed by atoms with van der Waals surface area (Å²) in [7, 11) is 0. The molecule has 1 amide bonds. The predicted molar refractivity (Wildman–Crippen MR) is 66.8 cm³/mol. The maximum atomic E-state index is 11.0. The quantitative estimate of drug-likeness (QED) is 0.781. The van der Waals surface area contributed by atoms with E-state index in [0.717, 1.165) is 0 Å². The van der Waals surface area contributed by atoms with E-state index in [-0.39, 0.29) is 0 Å². The monoisotopic (exact) mass is 234 g/mol. The predicted octanol–water partition coefficient (Wildman–Crippen LogP) is 1.94. The zero-order valence-electron chi connectivity index (χ0n) is 9.82. The van der Waals surface area contributed by atoms with Crippen molar-refractivity contribution in [1.82, 2.24) is 0 Å². The number of hydrogen-bond donors (Lipinski definition) is 2. The molecule has 0 spiro atoms. The fourth-order valence-corrected chi connectivity index (χ4v) is 2.22. The van der Waals surface area contributed by atoms with Crippen molar-refractivity contribution in [2.24, 2.45) is 11.7 Å². The van der Waals surface area contributed by atoms with E-state index in [1.807, 2.05) is 0 Å². The van der Waals surface area contributed by atoms with Crippen molar-refractivity contribution in [2.75, 3.05) is 12.3 Å². The fraction of sp³-hybridized carbons (Fsp3) is 0.462. The van der Waals surface area contributed by atoms with E-state index >= 15 is 0 Å². The number of amides is 1. The van der Waals surface area contributed by atoms with E-state index in [1.165, 1.54) is 25.7 Å². The molecule has 1 fully saturated rings. The van der Waals surface area contributed by atoms with Gasteiger partial charge in [-0.3, -0.25) is 4.79 Å². The van der Waals surface area contributed by atoms with Gasteiger partial charge in [0.2, 0.25) is 5.91 Å². The molecule has 1 saturated carbocycles. The zero-order chi connectivity index (χ0) is 12.3. The number of carbonyl (C=O) groups excluding carboxylic acids is 1. The van der Waals surface area contributed by atoms with Gasteiger partial charge in [-0.05, 0) is 37.0 Å². The first-order chi connectivity index (χ1) is 8.16. The van der Waals surface area contributed by atoms with Crippen molar-refractivity contribution in [3.05, 3.63) is 23.8 Å². The van der Waals surface area contributed by atoms with E-state index in [4.69, 9.17) is 16.2 Å². The Morgan fingerprint density at radius 1 is 1.35 bits per heavy atom. The van der Waals surface area contributed by atoms with Crippen LogP contribution in [0.15, 0.2) is 18.2 Å². The van der Waals surface area contributed by atoms with Crippen LogP contribution in [0.2, 0.25) is 0 Å². The minimum Gasteiger partial charge on any atom is -0.491 e. The highest BCUT2D eigenvalue weighted by molar-refractivity contribution is 5.94. The Morgan fingerprint density at radius 3 is 2.65 bits per heavy atom. The molecular formula is C13H18N2O2. The summed E-state index contributed by atoms with van der Waals surface area (Å²) in [5.41, 5.74) is 11.9. The molecule has 0 heterocycles. The molecule has 2 rings (SSSR count). The first kappa shape index (κ1) is 11.8. The van der Waals surface area contributed by atoms with Gasteiger partial charge in [-0.15, -0.1) is 0 Å². The largest absolute Gasteiger partial charge is 0.491 e. The number of anilines is 1. The van der Waals surface area contributed by atoms with Crippen LogP contribution in [-0.2, 0) is 0 Å². The molecule has 4 N–H and O–H groups in total. The van der Waals surface area contributed by atoms with Crippen LogP contribution in [0.5, 0.6) is 5.75 Å². The molecule has 4 nitrogen and oxygen atoms in total. The van der Waals surface area contributed by atoms with E-state index in [0.29, 0.717) is 29.5 Å². The molecule has 0 aliphatic heterocycles. The SMILES string of the molecule is NC(=O)c1ccc(OCC2CCCC2)c(N)c1. The van der Waals surface area contributed by atoms with Crippen LogP contribution in [0.3, 0.4) is 0 Å². The van der Waals surface area contributed by atoms with Crippen LogP contribution < -0.4 is 16.2 Å². The molecule has 1 aromatic rings. The van der Waals surface area contributed by atoms with E-state index < -0.39 is 5.91 Å². The third kappa shape index (κ3) is 2.90. The normalized spacial score (nSPS) is 16.0. The molecule has 0 unspecified atom stereocenters. The second-order valence-corrected chi connectivity index (χ2v) is 4.58. The summed E-state index contributed by atoms with van der Waals surface area (Å²) in [5.74, 6) is 0.811. The summed E-state index contributed by atoms with van der Waals surface area (Å²) < 4.78 is 5.68. The third-order valence-electron chi connectivity index (χ3n) is 3.24. The Kier molecular flexibility index (Phi) is 3.52. The summed E-state index contributed by atoms with van der Waals surface area (Å²) >= 11 is 0. The highest BCUT2D eigenvalue weighted by Gasteiger charge is 2.16. The molecule has 4 heteroatoms. The highest BCUT2D eigenvalue weighted by atomic mass is 16.5. The lowest BCUT2D eigenvalue weighted by Gasteiger charge is -2.13. The van der Waals surface area contributed by atoms with Gasteiger partial charge < -0.3 is 16.2 Å². The van der Waals surface area contributed by atoms with Crippen LogP contribution in [-0.4, -0.2) is 12.5 Å². The van der Waals surface area contributed by atoms with Gasteiger partial charge in [-0.1, -0.05) is 12.8 Å². The lowest BCUT2D eigenvalue weighted by atomic mass is 10.1. The summed E-state index contributed by atoms with van der Waals surface area (Å²) in [6.07, 6.45) is 5.06. The molecule has 1 aliphatic rings. The van der Waals surface area contributed by atoms with Crippen molar-refractivity contribution in [2.45, 2.75) is 25.7 Å². The third-order valence-corrected chi connectivity index (χ3v) is 3.24. The molecular weight excluding hydrogens is 216 g/mol. The lowest BCUT2D eigenvalue weighted by molar-refractivity contribution is 0.100. The van der Waals surface area contributed by atoms with Gasteiger partial charge >= 0.3 is 0 Å².